The Kier molecular flexibility index (Phi) is 6.18. The molecule has 4 rings (SSSR count). The summed E-state index contributed by atoms with van der Waals surface area (Å²) in [7, 11) is 1.66. The van der Waals surface area contributed by atoms with Gasteiger partial charge in [0, 0.05) is 7.11 Å². The molecule has 0 aliphatic carbocycles. The van der Waals surface area contributed by atoms with Crippen LogP contribution >= 0.6 is 0 Å². The number of amides is 2. The first-order chi connectivity index (χ1) is 14.5. The first kappa shape index (κ1) is 20.6. The number of rotatable bonds is 5. The number of nitrogens with one attached hydrogen (secondary N) is 1. The number of halogens is 2. The molecular formula is C21H22FIN5O2-. The van der Waals surface area contributed by atoms with Crippen LogP contribution < -0.4 is 32.3 Å². The Balaban J connectivity index is 1.40. The minimum absolute atomic E-state index is 0.225. The van der Waals surface area contributed by atoms with E-state index in [4.69, 9.17) is 10.5 Å². The number of hydrogen-bond acceptors (Lipinski definition) is 4. The van der Waals surface area contributed by atoms with Gasteiger partial charge in [-0.3, -0.25) is 0 Å². The second-order valence-corrected chi connectivity index (χ2v) is 9.30. The zero-order chi connectivity index (χ0) is 21.1. The Labute approximate surface area is 184 Å². The van der Waals surface area contributed by atoms with Crippen molar-refractivity contribution in [2.24, 2.45) is 5.73 Å². The van der Waals surface area contributed by atoms with Gasteiger partial charge in [-0.25, -0.2) is 0 Å². The number of ether oxygens (including phenoxy) is 1. The van der Waals surface area contributed by atoms with Crippen molar-refractivity contribution in [1.82, 2.24) is 20.0 Å². The molecule has 7 nitrogen and oxygen atoms in total. The molecule has 2 amide bonds. The molecule has 0 saturated carbocycles. The molecule has 0 bridgehead atoms. The fraction of sp³-hybridized carbons (Fsp3) is 0.238. The predicted octanol–water partition coefficient (Wildman–Crippen LogP) is -0.478. The summed E-state index contributed by atoms with van der Waals surface area (Å²) in [6.07, 6.45) is 5.52. The van der Waals surface area contributed by atoms with Gasteiger partial charge in [0.05, 0.1) is 0 Å². The summed E-state index contributed by atoms with van der Waals surface area (Å²) in [6.45, 7) is 2.23. The van der Waals surface area contributed by atoms with Gasteiger partial charge >= 0.3 is 177 Å². The molecule has 0 spiro atoms. The molecule has 2 aliphatic rings. The average molecular weight is 522 g/mol. The second kappa shape index (κ2) is 9.00. The summed E-state index contributed by atoms with van der Waals surface area (Å²) in [5.41, 5.74) is 9.69. The molecule has 0 saturated heterocycles. The van der Waals surface area contributed by atoms with Gasteiger partial charge in [-0.1, -0.05) is 0 Å². The van der Waals surface area contributed by atoms with Crippen molar-refractivity contribution in [3.05, 3.63) is 80.7 Å². The molecule has 3 heterocycles. The number of fused-ring (bicyclic) bond motifs is 1. The van der Waals surface area contributed by atoms with Crippen molar-refractivity contribution in [3.8, 4) is 0 Å². The van der Waals surface area contributed by atoms with Gasteiger partial charge in [0.25, 0.3) is 0 Å². The zero-order valence-electron chi connectivity index (χ0n) is 16.4. The van der Waals surface area contributed by atoms with Crippen molar-refractivity contribution < 1.29 is 35.1 Å². The Morgan fingerprint density at radius 2 is 2.17 bits per heavy atom. The molecule has 0 radical (unpaired) electrons. The maximum absolute atomic E-state index is 14.1. The summed E-state index contributed by atoms with van der Waals surface area (Å²) in [5, 5.41) is 7.43. The van der Waals surface area contributed by atoms with Gasteiger partial charge in [0.2, 0.25) is 0 Å². The van der Waals surface area contributed by atoms with Crippen LogP contribution in [0.3, 0.4) is 0 Å². The molecular weight excluding hydrogens is 500 g/mol. The van der Waals surface area contributed by atoms with E-state index in [-0.39, 0.29) is 11.8 Å². The number of nitrogens with two attached hydrogens (primary N) is 1. The van der Waals surface area contributed by atoms with Crippen molar-refractivity contribution in [2.75, 3.05) is 13.7 Å². The van der Waals surface area contributed by atoms with Crippen LogP contribution in [0.15, 0.2) is 58.1 Å². The topological polar surface area (TPSA) is 85.4 Å². The summed E-state index contributed by atoms with van der Waals surface area (Å²) in [4.78, 5) is 14.5. The first-order valence-electron chi connectivity index (χ1n) is 9.41. The van der Waals surface area contributed by atoms with Crippen LogP contribution in [0.25, 0.3) is 3.58 Å². The Bertz CT molecular complexity index is 1040. The third kappa shape index (κ3) is 4.41. The van der Waals surface area contributed by atoms with E-state index in [0.717, 1.165) is 14.8 Å². The molecule has 0 fully saturated rings. The Hall–Kier alpha value is -2.66. The van der Waals surface area contributed by atoms with Crippen LogP contribution in [0.1, 0.15) is 16.8 Å². The van der Waals surface area contributed by atoms with E-state index in [1.165, 1.54) is 6.07 Å². The van der Waals surface area contributed by atoms with Crippen molar-refractivity contribution in [1.29, 1.82) is 0 Å². The molecule has 1 aromatic carbocycles. The van der Waals surface area contributed by atoms with Crippen molar-refractivity contribution in [3.63, 3.8) is 0 Å². The van der Waals surface area contributed by atoms with Gasteiger partial charge in [-0.15, -0.1) is 0 Å². The van der Waals surface area contributed by atoms with Crippen LogP contribution in [0, 0.1) is 5.82 Å². The number of carbonyl (C=O) groups excluding carboxylic acids is 1. The molecule has 0 unspecified atom stereocenters. The minimum atomic E-state index is -0.669. The van der Waals surface area contributed by atoms with Crippen LogP contribution in [-0.2, 0) is 24.4 Å². The molecule has 0 atom stereocenters. The zero-order valence-corrected chi connectivity index (χ0v) is 18.6. The summed E-state index contributed by atoms with van der Waals surface area (Å²) < 4.78 is 23.9. The number of aromatic nitrogens is 2. The number of urea groups is 1. The van der Waals surface area contributed by atoms with Gasteiger partial charge < -0.3 is 0 Å². The van der Waals surface area contributed by atoms with E-state index < -0.39 is 21.2 Å². The Morgan fingerprint density at radius 3 is 2.93 bits per heavy atom. The maximum atomic E-state index is 14.1. The summed E-state index contributed by atoms with van der Waals surface area (Å²) in [5.74, 6) is -0.256. The van der Waals surface area contributed by atoms with E-state index in [9.17, 15) is 9.18 Å². The molecule has 1 aromatic heterocycles. The quantitative estimate of drug-likeness (QED) is 0.520. The fourth-order valence-corrected chi connectivity index (χ4v) is 5.54. The van der Waals surface area contributed by atoms with E-state index in [1.54, 1.807) is 30.2 Å². The van der Waals surface area contributed by atoms with Crippen molar-refractivity contribution in [2.45, 2.75) is 19.6 Å². The first-order valence-corrected chi connectivity index (χ1v) is 11.7. The molecule has 3 N–H and O–H groups in total. The molecule has 2 aromatic rings. The van der Waals surface area contributed by atoms with E-state index >= 15 is 0 Å². The number of benzene rings is 1. The fourth-order valence-electron chi connectivity index (χ4n) is 3.22. The number of methoxy groups -OCH3 is 1. The van der Waals surface area contributed by atoms with Gasteiger partial charge in [-0.05, 0) is 0 Å². The van der Waals surface area contributed by atoms with Crippen molar-refractivity contribution >= 4 is 9.61 Å². The number of carbonyl (C=O) groups is 1. The monoisotopic (exact) mass is 522 g/mol. The van der Waals surface area contributed by atoms with Crippen LogP contribution in [0.5, 0.6) is 0 Å². The third-order valence-corrected chi connectivity index (χ3v) is 7.36. The standard InChI is InChI=1S/C21H22FIN5O2/c1-30-9-8-28-12-14-11-27(13-20(14)26-28)21(29)25-19-10-23-17(6-7-18(19)24)15-4-2-3-5-16(15)22/h2-7,10,12H,8-9,11,13,24H2,1H3,(H,25,29)/q-1. The van der Waals surface area contributed by atoms with Gasteiger partial charge in [0.15, 0.2) is 0 Å². The molecule has 2 aliphatic heterocycles. The molecule has 158 valence electrons. The molecule has 9 heteroatoms. The van der Waals surface area contributed by atoms with Gasteiger partial charge in [0.1, 0.15) is 0 Å². The normalized spacial score (nSPS) is 16.1. The third-order valence-electron chi connectivity index (χ3n) is 4.81. The van der Waals surface area contributed by atoms with E-state index in [1.807, 2.05) is 27.1 Å². The van der Waals surface area contributed by atoms with E-state index in [2.05, 4.69) is 10.4 Å². The van der Waals surface area contributed by atoms with Crippen LogP contribution in [0.2, 0.25) is 0 Å². The predicted molar refractivity (Wildman–Crippen MR) is 107 cm³/mol. The number of allylic oxidation sites excluding steroid dienone is 2. The molecule has 30 heavy (non-hydrogen) atoms. The van der Waals surface area contributed by atoms with Crippen LogP contribution in [0.4, 0.5) is 9.18 Å². The number of nitrogens with zero attached hydrogens (tertiary/aromatic N) is 3. The SMILES string of the molecule is COCCn1cc2c(n1)CN(C(=O)NC1=C[I-]C(c3ccccc3F)=CC=C1N)C2. The van der Waals surface area contributed by atoms with Crippen LogP contribution in [-0.4, -0.2) is 34.4 Å². The second-order valence-electron chi connectivity index (χ2n) is 6.89. The van der Waals surface area contributed by atoms with E-state index in [0.29, 0.717) is 43.2 Å². The van der Waals surface area contributed by atoms with Gasteiger partial charge in [-0.2, -0.15) is 0 Å². The summed E-state index contributed by atoms with van der Waals surface area (Å²) in [6, 6.07) is 6.46. The number of hydrogen-bond donors (Lipinski definition) is 2. The Morgan fingerprint density at radius 1 is 1.33 bits per heavy atom. The average Bonchev–Trinajstić information content (AvgIpc) is 3.25. The summed E-state index contributed by atoms with van der Waals surface area (Å²) >= 11 is -0.669.